The largest absolute Gasteiger partial charge is 0.476 e. The Morgan fingerprint density at radius 1 is 1.47 bits per heavy atom. The van der Waals surface area contributed by atoms with E-state index in [0.29, 0.717) is 11.4 Å². The van der Waals surface area contributed by atoms with Crippen LogP contribution in [0.1, 0.15) is 21.9 Å². The predicted octanol–water partition coefficient (Wildman–Crippen LogP) is 2.08. The second-order valence-corrected chi connectivity index (χ2v) is 3.70. The molecule has 4 nitrogen and oxygen atoms in total. The van der Waals surface area contributed by atoms with Gasteiger partial charge in [0.25, 0.3) is 0 Å². The smallest absolute Gasteiger partial charge is 0.356 e. The Morgan fingerprint density at radius 3 is 2.76 bits per heavy atom. The molecule has 17 heavy (non-hydrogen) atoms. The molecule has 2 rings (SSSR count). The maximum Gasteiger partial charge on any atom is 0.356 e. The molecule has 0 unspecified atom stereocenters. The monoisotopic (exact) mass is 234 g/mol. The van der Waals surface area contributed by atoms with Gasteiger partial charge in [0.05, 0.1) is 6.54 Å². The average Bonchev–Trinajstić information content (AvgIpc) is 2.64. The van der Waals surface area contributed by atoms with Crippen molar-refractivity contribution in [2.45, 2.75) is 13.5 Å². The van der Waals surface area contributed by atoms with E-state index in [0.717, 1.165) is 0 Å². The Balaban J connectivity index is 2.30. The summed E-state index contributed by atoms with van der Waals surface area (Å²) >= 11 is 0. The fraction of sp³-hybridized carbons (Fsp3) is 0.167. The first kappa shape index (κ1) is 11.3. The van der Waals surface area contributed by atoms with Crippen LogP contribution in [0, 0.1) is 12.7 Å². The number of benzene rings is 1. The predicted molar refractivity (Wildman–Crippen MR) is 59.4 cm³/mol. The van der Waals surface area contributed by atoms with Crippen molar-refractivity contribution in [3.05, 3.63) is 53.4 Å². The zero-order valence-electron chi connectivity index (χ0n) is 9.22. The Bertz CT molecular complexity index is 563. The zero-order valence-corrected chi connectivity index (χ0v) is 9.22. The van der Waals surface area contributed by atoms with E-state index in [-0.39, 0.29) is 18.1 Å². The van der Waals surface area contributed by atoms with Crippen LogP contribution < -0.4 is 0 Å². The van der Waals surface area contributed by atoms with E-state index in [1.165, 1.54) is 12.3 Å². The number of hydrogen-bond donors (Lipinski definition) is 1. The van der Waals surface area contributed by atoms with Crippen LogP contribution in [0.5, 0.6) is 0 Å². The molecular weight excluding hydrogens is 223 g/mol. The molecule has 1 N–H and O–H groups in total. The first-order valence-corrected chi connectivity index (χ1v) is 5.08. The molecule has 0 spiro atoms. The molecule has 0 saturated carbocycles. The van der Waals surface area contributed by atoms with Crippen LogP contribution >= 0.6 is 0 Å². The quantitative estimate of drug-likeness (QED) is 0.884. The highest BCUT2D eigenvalue weighted by Gasteiger charge is 2.11. The minimum Gasteiger partial charge on any atom is -0.476 e. The van der Waals surface area contributed by atoms with E-state index in [2.05, 4.69) is 4.98 Å². The highest BCUT2D eigenvalue weighted by atomic mass is 19.1. The van der Waals surface area contributed by atoms with Crippen LogP contribution in [-0.2, 0) is 6.54 Å². The summed E-state index contributed by atoms with van der Waals surface area (Å²) in [6.07, 6.45) is 1.41. The molecule has 0 bridgehead atoms. The third kappa shape index (κ3) is 2.33. The van der Waals surface area contributed by atoms with Gasteiger partial charge in [-0.1, -0.05) is 18.2 Å². The molecule has 2 aromatic rings. The Kier molecular flexibility index (Phi) is 2.91. The van der Waals surface area contributed by atoms with Gasteiger partial charge in [-0.25, -0.2) is 14.2 Å². The molecule has 1 heterocycles. The third-order valence-electron chi connectivity index (χ3n) is 2.49. The van der Waals surface area contributed by atoms with Gasteiger partial charge in [-0.15, -0.1) is 0 Å². The van der Waals surface area contributed by atoms with Crippen molar-refractivity contribution in [2.24, 2.45) is 0 Å². The molecule has 5 heteroatoms. The van der Waals surface area contributed by atoms with Crippen molar-refractivity contribution < 1.29 is 14.3 Å². The average molecular weight is 234 g/mol. The topological polar surface area (TPSA) is 55.1 Å². The summed E-state index contributed by atoms with van der Waals surface area (Å²) in [6, 6.07) is 6.39. The maximum absolute atomic E-state index is 13.4. The van der Waals surface area contributed by atoms with Gasteiger partial charge in [-0.2, -0.15) is 0 Å². The number of imidazole rings is 1. The Morgan fingerprint density at radius 2 is 2.18 bits per heavy atom. The van der Waals surface area contributed by atoms with Gasteiger partial charge >= 0.3 is 5.97 Å². The number of aromatic nitrogens is 2. The summed E-state index contributed by atoms with van der Waals surface area (Å²) in [4.78, 5) is 14.6. The fourth-order valence-corrected chi connectivity index (χ4v) is 1.58. The molecule has 0 radical (unpaired) electrons. The van der Waals surface area contributed by atoms with Gasteiger partial charge in [-0.3, -0.25) is 0 Å². The van der Waals surface area contributed by atoms with Gasteiger partial charge in [0.2, 0.25) is 0 Å². The lowest BCUT2D eigenvalue weighted by atomic mass is 10.2. The van der Waals surface area contributed by atoms with Crippen LogP contribution in [0.2, 0.25) is 0 Å². The van der Waals surface area contributed by atoms with Gasteiger partial charge in [-0.05, 0) is 13.0 Å². The molecule has 0 aliphatic carbocycles. The number of rotatable bonds is 3. The first-order valence-electron chi connectivity index (χ1n) is 5.08. The normalized spacial score (nSPS) is 10.5. The maximum atomic E-state index is 13.4. The SMILES string of the molecule is Cc1nc(C(=O)O)cn1Cc1ccccc1F. The van der Waals surface area contributed by atoms with Gasteiger partial charge < -0.3 is 9.67 Å². The molecule has 0 atom stereocenters. The molecule has 88 valence electrons. The van der Waals surface area contributed by atoms with E-state index >= 15 is 0 Å². The highest BCUT2D eigenvalue weighted by Crippen LogP contribution is 2.11. The van der Waals surface area contributed by atoms with Crippen molar-refractivity contribution in [3.8, 4) is 0 Å². The van der Waals surface area contributed by atoms with Gasteiger partial charge in [0.15, 0.2) is 5.69 Å². The number of aryl methyl sites for hydroxylation is 1. The fourth-order valence-electron chi connectivity index (χ4n) is 1.58. The molecule has 0 saturated heterocycles. The summed E-state index contributed by atoms with van der Waals surface area (Å²) in [5.41, 5.74) is 0.476. The first-order chi connectivity index (χ1) is 8.08. The van der Waals surface area contributed by atoms with E-state index in [9.17, 15) is 9.18 Å². The second kappa shape index (κ2) is 4.37. The van der Waals surface area contributed by atoms with Crippen LogP contribution in [0.15, 0.2) is 30.5 Å². The third-order valence-corrected chi connectivity index (χ3v) is 2.49. The van der Waals surface area contributed by atoms with Crippen molar-refractivity contribution in [3.63, 3.8) is 0 Å². The number of halogens is 1. The minimum atomic E-state index is -1.08. The highest BCUT2D eigenvalue weighted by molar-refractivity contribution is 5.85. The second-order valence-electron chi connectivity index (χ2n) is 3.70. The lowest BCUT2D eigenvalue weighted by Crippen LogP contribution is -2.02. The lowest BCUT2D eigenvalue weighted by Gasteiger charge is -2.05. The number of hydrogen-bond acceptors (Lipinski definition) is 2. The van der Waals surface area contributed by atoms with Crippen LogP contribution in [-0.4, -0.2) is 20.6 Å². The van der Waals surface area contributed by atoms with Crippen LogP contribution in [0.3, 0.4) is 0 Å². The Hall–Kier alpha value is -2.17. The Labute approximate surface area is 97.3 Å². The number of carboxylic acids is 1. The van der Waals surface area contributed by atoms with E-state index in [1.54, 1.807) is 29.7 Å². The van der Waals surface area contributed by atoms with Crippen LogP contribution in [0.4, 0.5) is 4.39 Å². The minimum absolute atomic E-state index is 0.0289. The standard InChI is InChI=1S/C12H11FN2O2/c1-8-14-11(12(16)17)7-15(8)6-9-4-2-3-5-10(9)13/h2-5,7H,6H2,1H3,(H,16,17). The van der Waals surface area contributed by atoms with E-state index in [4.69, 9.17) is 5.11 Å². The summed E-state index contributed by atoms with van der Waals surface area (Å²) in [5, 5.41) is 8.79. The molecule has 0 aliphatic rings. The summed E-state index contributed by atoms with van der Waals surface area (Å²) in [7, 11) is 0. The van der Waals surface area contributed by atoms with E-state index < -0.39 is 5.97 Å². The summed E-state index contributed by atoms with van der Waals surface area (Å²) in [6.45, 7) is 1.96. The number of nitrogens with zero attached hydrogens (tertiary/aromatic N) is 2. The molecule has 0 aliphatic heterocycles. The number of carbonyl (C=O) groups is 1. The number of carboxylic acid groups (broad SMARTS) is 1. The van der Waals surface area contributed by atoms with Gasteiger partial charge in [0, 0.05) is 11.8 Å². The summed E-state index contributed by atoms with van der Waals surface area (Å²) < 4.78 is 15.0. The van der Waals surface area contributed by atoms with Crippen molar-refractivity contribution in [2.75, 3.05) is 0 Å². The number of aromatic carboxylic acids is 1. The molecule has 1 aromatic carbocycles. The van der Waals surface area contributed by atoms with Crippen molar-refractivity contribution in [1.82, 2.24) is 9.55 Å². The van der Waals surface area contributed by atoms with Crippen molar-refractivity contribution in [1.29, 1.82) is 0 Å². The molecule has 1 aromatic heterocycles. The van der Waals surface area contributed by atoms with Crippen LogP contribution in [0.25, 0.3) is 0 Å². The lowest BCUT2D eigenvalue weighted by molar-refractivity contribution is 0.0691. The van der Waals surface area contributed by atoms with Gasteiger partial charge in [0.1, 0.15) is 11.6 Å². The summed E-state index contributed by atoms with van der Waals surface area (Å²) in [5.74, 6) is -0.844. The molecule has 0 amide bonds. The molecule has 0 fully saturated rings. The van der Waals surface area contributed by atoms with Crippen molar-refractivity contribution >= 4 is 5.97 Å². The molecular formula is C12H11FN2O2. The zero-order chi connectivity index (χ0) is 12.4. The van der Waals surface area contributed by atoms with E-state index in [1.807, 2.05) is 0 Å².